The minimum Gasteiger partial charge on any atom is -0.372 e. The van der Waals surface area contributed by atoms with E-state index in [1.54, 1.807) is 0 Å². The zero-order valence-electron chi connectivity index (χ0n) is 15.7. The fraction of sp³-hybridized carbons (Fsp3) is 0.700. The second-order valence-electron chi connectivity index (χ2n) is 7.96. The molecular weight excluding hydrogens is 330 g/mol. The summed E-state index contributed by atoms with van der Waals surface area (Å²) in [6.45, 7) is 7.45. The predicted molar refractivity (Wildman–Crippen MR) is 97.7 cm³/mol. The van der Waals surface area contributed by atoms with Gasteiger partial charge in [0.2, 0.25) is 5.91 Å². The van der Waals surface area contributed by atoms with Crippen LogP contribution >= 0.6 is 0 Å². The molecule has 0 aliphatic carbocycles. The first-order valence-electron chi connectivity index (χ1n) is 9.80. The predicted octanol–water partition coefficient (Wildman–Crippen LogP) is 1.76. The summed E-state index contributed by atoms with van der Waals surface area (Å²) in [5, 5.41) is 0. The van der Waals surface area contributed by atoms with Crippen LogP contribution in [0.4, 0.5) is 0 Å². The van der Waals surface area contributed by atoms with Crippen LogP contribution in [-0.2, 0) is 20.8 Å². The molecule has 1 aromatic heterocycles. The number of likely N-dealkylation sites (tertiary alicyclic amines) is 2. The van der Waals surface area contributed by atoms with Crippen molar-refractivity contribution >= 4 is 5.91 Å². The van der Waals surface area contributed by atoms with E-state index in [0.29, 0.717) is 0 Å². The lowest BCUT2D eigenvalue weighted by Gasteiger charge is -2.53. The smallest absolute Gasteiger partial charge is 0.248 e. The van der Waals surface area contributed by atoms with Crippen LogP contribution in [0.5, 0.6) is 0 Å². The van der Waals surface area contributed by atoms with Crippen LogP contribution in [-0.4, -0.2) is 71.8 Å². The van der Waals surface area contributed by atoms with Crippen molar-refractivity contribution in [1.82, 2.24) is 14.8 Å². The van der Waals surface area contributed by atoms with Crippen LogP contribution in [0, 0.1) is 6.92 Å². The number of aryl methyl sites for hydroxylation is 1. The van der Waals surface area contributed by atoms with Gasteiger partial charge in [-0.05, 0) is 38.3 Å². The summed E-state index contributed by atoms with van der Waals surface area (Å²) >= 11 is 0. The minimum atomic E-state index is -0.0938. The van der Waals surface area contributed by atoms with E-state index in [-0.39, 0.29) is 24.2 Å². The number of nitrogens with zero attached hydrogens (tertiary/aromatic N) is 3. The average Bonchev–Trinajstić information content (AvgIpc) is 3.13. The van der Waals surface area contributed by atoms with E-state index in [0.717, 1.165) is 76.4 Å². The van der Waals surface area contributed by atoms with Gasteiger partial charge in [-0.2, -0.15) is 0 Å². The highest BCUT2D eigenvalue weighted by molar-refractivity contribution is 5.77. The first kappa shape index (κ1) is 17.9. The number of carbonyl (C=O) groups is 1. The molecular formula is C20H29N3O3. The van der Waals surface area contributed by atoms with Crippen LogP contribution < -0.4 is 0 Å². The van der Waals surface area contributed by atoms with Crippen LogP contribution in [0.15, 0.2) is 18.2 Å². The summed E-state index contributed by atoms with van der Waals surface area (Å²) in [4.78, 5) is 21.1. The first-order valence-corrected chi connectivity index (χ1v) is 9.80. The molecule has 1 amide bonds. The van der Waals surface area contributed by atoms with Gasteiger partial charge in [0.1, 0.15) is 6.61 Å². The Kier molecular flexibility index (Phi) is 5.25. The van der Waals surface area contributed by atoms with E-state index in [2.05, 4.69) is 22.0 Å². The van der Waals surface area contributed by atoms with Crippen molar-refractivity contribution in [1.29, 1.82) is 0 Å². The molecule has 1 spiro atoms. The summed E-state index contributed by atoms with van der Waals surface area (Å²) in [6.07, 6.45) is 4.15. The number of aromatic nitrogens is 1. The lowest BCUT2D eigenvalue weighted by molar-refractivity contribution is -0.200. The van der Waals surface area contributed by atoms with Crippen molar-refractivity contribution in [2.75, 3.05) is 39.4 Å². The Hall–Kier alpha value is -1.50. The number of ether oxygens (including phenoxy) is 2. The molecule has 0 aromatic carbocycles. The number of hydrogen-bond acceptors (Lipinski definition) is 5. The van der Waals surface area contributed by atoms with E-state index >= 15 is 0 Å². The summed E-state index contributed by atoms with van der Waals surface area (Å²) in [6, 6.07) is 6.16. The summed E-state index contributed by atoms with van der Waals surface area (Å²) < 4.78 is 12.0. The van der Waals surface area contributed by atoms with Crippen LogP contribution in [0.25, 0.3) is 0 Å². The summed E-state index contributed by atoms with van der Waals surface area (Å²) in [5.41, 5.74) is 2.08. The van der Waals surface area contributed by atoms with Gasteiger partial charge in [0.15, 0.2) is 0 Å². The lowest BCUT2D eigenvalue weighted by Crippen LogP contribution is -2.65. The maximum atomic E-state index is 12.2. The number of hydrogen-bond donors (Lipinski definition) is 0. The molecule has 4 heterocycles. The molecule has 3 saturated heterocycles. The zero-order valence-corrected chi connectivity index (χ0v) is 15.7. The lowest BCUT2D eigenvalue weighted by atomic mass is 9.84. The Morgan fingerprint density at radius 2 is 2.15 bits per heavy atom. The average molecular weight is 359 g/mol. The molecule has 142 valence electrons. The molecule has 0 saturated carbocycles. The highest BCUT2D eigenvalue weighted by Crippen LogP contribution is 2.36. The monoisotopic (exact) mass is 359 g/mol. The molecule has 1 atom stereocenters. The molecule has 6 nitrogen and oxygen atoms in total. The Morgan fingerprint density at radius 3 is 2.92 bits per heavy atom. The third-order valence-corrected chi connectivity index (χ3v) is 5.70. The molecule has 6 heteroatoms. The fourth-order valence-electron chi connectivity index (χ4n) is 4.39. The summed E-state index contributed by atoms with van der Waals surface area (Å²) in [5.74, 6) is 0.142. The van der Waals surface area contributed by atoms with Crippen molar-refractivity contribution in [3.8, 4) is 0 Å². The van der Waals surface area contributed by atoms with Gasteiger partial charge in [-0.15, -0.1) is 0 Å². The molecule has 0 unspecified atom stereocenters. The Balaban J connectivity index is 1.23. The van der Waals surface area contributed by atoms with Crippen LogP contribution in [0.2, 0.25) is 0 Å². The van der Waals surface area contributed by atoms with Crippen molar-refractivity contribution in [2.24, 2.45) is 0 Å². The summed E-state index contributed by atoms with van der Waals surface area (Å²) in [7, 11) is 0. The standard InChI is InChI=1S/C20H29N3O3/c1-16-5-4-6-17(21-16)12-22-14-20(15-22)11-18(7-10-26-20)25-13-19(24)23-8-2-3-9-23/h4-6,18H,2-3,7-15H2,1H3/t18-/m0/s1. The minimum absolute atomic E-state index is 0.0938. The molecule has 4 rings (SSSR count). The normalized spacial score (nSPS) is 25.4. The van der Waals surface area contributed by atoms with Crippen molar-refractivity contribution in [3.05, 3.63) is 29.6 Å². The van der Waals surface area contributed by atoms with Crippen molar-refractivity contribution < 1.29 is 14.3 Å². The van der Waals surface area contributed by atoms with E-state index in [1.807, 2.05) is 17.9 Å². The van der Waals surface area contributed by atoms with E-state index in [9.17, 15) is 4.79 Å². The quantitative estimate of drug-likeness (QED) is 0.802. The van der Waals surface area contributed by atoms with Gasteiger partial charge < -0.3 is 14.4 Å². The molecule has 1 aromatic rings. The topological polar surface area (TPSA) is 54.9 Å². The molecule has 3 aliphatic rings. The van der Waals surface area contributed by atoms with E-state index in [1.165, 1.54) is 0 Å². The Morgan fingerprint density at radius 1 is 1.35 bits per heavy atom. The molecule has 3 aliphatic heterocycles. The van der Waals surface area contributed by atoms with Crippen LogP contribution in [0.1, 0.15) is 37.1 Å². The second-order valence-corrected chi connectivity index (χ2v) is 7.96. The fourth-order valence-corrected chi connectivity index (χ4v) is 4.39. The van der Waals surface area contributed by atoms with Crippen molar-refractivity contribution in [2.45, 2.75) is 50.9 Å². The zero-order chi connectivity index (χ0) is 18.0. The molecule has 0 N–H and O–H groups in total. The highest BCUT2D eigenvalue weighted by Gasteiger charge is 2.47. The van der Waals surface area contributed by atoms with Crippen molar-refractivity contribution in [3.63, 3.8) is 0 Å². The van der Waals surface area contributed by atoms with Crippen LogP contribution in [0.3, 0.4) is 0 Å². The third kappa shape index (κ3) is 4.08. The van der Waals surface area contributed by atoms with Gasteiger partial charge in [0, 0.05) is 51.4 Å². The van der Waals surface area contributed by atoms with E-state index < -0.39 is 0 Å². The second kappa shape index (κ2) is 7.62. The van der Waals surface area contributed by atoms with Gasteiger partial charge in [-0.3, -0.25) is 14.7 Å². The Bertz CT molecular complexity index is 639. The largest absolute Gasteiger partial charge is 0.372 e. The van der Waals surface area contributed by atoms with Gasteiger partial charge in [-0.1, -0.05) is 6.07 Å². The maximum absolute atomic E-state index is 12.2. The number of pyridine rings is 1. The molecule has 26 heavy (non-hydrogen) atoms. The maximum Gasteiger partial charge on any atom is 0.248 e. The molecule has 3 fully saturated rings. The van der Waals surface area contributed by atoms with Gasteiger partial charge in [0.25, 0.3) is 0 Å². The molecule has 0 radical (unpaired) electrons. The van der Waals surface area contributed by atoms with Gasteiger partial charge in [-0.25, -0.2) is 0 Å². The first-order chi connectivity index (χ1) is 12.6. The molecule has 0 bridgehead atoms. The van der Waals surface area contributed by atoms with Gasteiger partial charge >= 0.3 is 0 Å². The highest BCUT2D eigenvalue weighted by atomic mass is 16.5. The SMILES string of the molecule is Cc1cccc(CN2CC3(C[C@@H](OCC(=O)N4CCCC4)CCO3)C2)n1. The van der Waals surface area contributed by atoms with Gasteiger partial charge in [0.05, 0.1) is 17.4 Å². The number of rotatable bonds is 5. The number of carbonyl (C=O) groups excluding carboxylic acids is 1. The number of amides is 1. The van der Waals surface area contributed by atoms with E-state index in [4.69, 9.17) is 9.47 Å². The third-order valence-electron chi connectivity index (χ3n) is 5.70. The Labute approximate surface area is 155 Å².